The molecule has 0 saturated carbocycles. The van der Waals surface area contributed by atoms with Crippen LogP contribution < -0.4 is 16.4 Å². The van der Waals surface area contributed by atoms with Crippen molar-refractivity contribution in [1.82, 2.24) is 15.5 Å². The molecular weight excluding hydrogens is 268 g/mol. The van der Waals surface area contributed by atoms with Crippen LogP contribution in [0.4, 0.5) is 4.79 Å². The maximum atomic E-state index is 11.6. The lowest BCUT2D eigenvalue weighted by Gasteiger charge is -2.30. The molecule has 0 aromatic rings. The van der Waals surface area contributed by atoms with E-state index in [1.807, 2.05) is 7.05 Å². The predicted octanol–water partition coefficient (Wildman–Crippen LogP) is -2.06. The van der Waals surface area contributed by atoms with Crippen LogP contribution in [0.25, 0.3) is 0 Å². The fourth-order valence-electron chi connectivity index (χ4n) is 1.81. The van der Waals surface area contributed by atoms with E-state index in [0.717, 1.165) is 6.54 Å². The number of carbonyl (C=O) groups is 3. The number of carboxylic acid groups (broad SMARTS) is 1. The van der Waals surface area contributed by atoms with E-state index >= 15 is 0 Å². The number of carbonyl (C=O) groups excluding carboxylic acids is 2. The Morgan fingerprint density at radius 1 is 1.50 bits per heavy atom. The Bertz CT molecular complexity index is 376. The Labute approximate surface area is 116 Å². The number of aliphatic carboxylic acids is 1. The first-order chi connectivity index (χ1) is 9.38. The highest BCUT2D eigenvalue weighted by atomic mass is 16.5. The summed E-state index contributed by atoms with van der Waals surface area (Å²) in [6.45, 7) is 2.37. The molecular formula is C11H20N4O5. The van der Waals surface area contributed by atoms with Crippen molar-refractivity contribution in [1.29, 1.82) is 0 Å². The number of morpholine rings is 1. The lowest BCUT2D eigenvalue weighted by Crippen LogP contribution is -2.51. The monoisotopic (exact) mass is 288 g/mol. The number of nitrogens with one attached hydrogen (secondary N) is 2. The minimum Gasteiger partial charge on any atom is -0.480 e. The number of nitrogens with zero attached hydrogens (tertiary/aromatic N) is 1. The molecule has 0 radical (unpaired) electrons. The number of primary amides is 1. The first-order valence-corrected chi connectivity index (χ1v) is 6.24. The van der Waals surface area contributed by atoms with Gasteiger partial charge in [0.1, 0.15) is 6.04 Å². The second-order valence-corrected chi connectivity index (χ2v) is 4.67. The number of likely N-dealkylation sites (N-methyl/N-ethyl adjacent to an activating group) is 1. The molecule has 1 fully saturated rings. The molecule has 20 heavy (non-hydrogen) atoms. The number of amides is 3. The molecule has 1 rings (SSSR count). The Morgan fingerprint density at radius 2 is 2.20 bits per heavy atom. The molecule has 0 aromatic heterocycles. The van der Waals surface area contributed by atoms with E-state index in [1.165, 1.54) is 0 Å². The summed E-state index contributed by atoms with van der Waals surface area (Å²) in [5.41, 5.74) is 4.91. The van der Waals surface area contributed by atoms with Gasteiger partial charge in [0.2, 0.25) is 5.91 Å². The van der Waals surface area contributed by atoms with Gasteiger partial charge in [0.25, 0.3) is 0 Å². The average Bonchev–Trinajstić information content (AvgIpc) is 2.35. The van der Waals surface area contributed by atoms with E-state index in [-0.39, 0.29) is 12.6 Å². The molecule has 1 saturated heterocycles. The fraction of sp³-hybridized carbons (Fsp3) is 0.727. The summed E-state index contributed by atoms with van der Waals surface area (Å²) in [4.78, 5) is 35.2. The first kappa shape index (κ1) is 16.2. The topological polar surface area (TPSA) is 134 Å². The summed E-state index contributed by atoms with van der Waals surface area (Å²) < 4.78 is 5.44. The van der Waals surface area contributed by atoms with Gasteiger partial charge in [-0.2, -0.15) is 0 Å². The van der Waals surface area contributed by atoms with Crippen LogP contribution in [0, 0.1) is 0 Å². The van der Waals surface area contributed by atoms with Crippen molar-refractivity contribution in [2.75, 3.05) is 33.3 Å². The van der Waals surface area contributed by atoms with Crippen LogP contribution in [0.1, 0.15) is 6.42 Å². The quantitative estimate of drug-likeness (QED) is 0.444. The average molecular weight is 288 g/mol. The molecule has 2 atom stereocenters. The Balaban J connectivity index is 2.34. The van der Waals surface area contributed by atoms with Gasteiger partial charge in [-0.05, 0) is 7.05 Å². The summed E-state index contributed by atoms with van der Waals surface area (Å²) in [7, 11) is 1.95. The van der Waals surface area contributed by atoms with E-state index in [0.29, 0.717) is 13.2 Å². The van der Waals surface area contributed by atoms with E-state index in [9.17, 15) is 14.4 Å². The molecule has 2 unspecified atom stereocenters. The van der Waals surface area contributed by atoms with Gasteiger partial charge in [-0.15, -0.1) is 0 Å². The normalized spacial score (nSPS) is 20.9. The van der Waals surface area contributed by atoms with Gasteiger partial charge in [0, 0.05) is 19.6 Å². The number of rotatable bonds is 6. The van der Waals surface area contributed by atoms with Crippen molar-refractivity contribution in [3.8, 4) is 0 Å². The predicted molar refractivity (Wildman–Crippen MR) is 69.0 cm³/mol. The molecule has 3 amide bonds. The van der Waals surface area contributed by atoms with Crippen LogP contribution in [0.3, 0.4) is 0 Å². The summed E-state index contributed by atoms with van der Waals surface area (Å²) in [5, 5.41) is 13.5. The molecule has 9 heteroatoms. The Kier molecular flexibility index (Phi) is 6.19. The van der Waals surface area contributed by atoms with Gasteiger partial charge in [0.05, 0.1) is 19.1 Å². The molecule has 1 heterocycles. The Morgan fingerprint density at radius 3 is 2.75 bits per heavy atom. The highest BCUT2D eigenvalue weighted by Crippen LogP contribution is 2.01. The van der Waals surface area contributed by atoms with Gasteiger partial charge in [-0.1, -0.05) is 0 Å². The van der Waals surface area contributed by atoms with E-state index in [1.54, 1.807) is 0 Å². The Hall–Kier alpha value is -1.87. The van der Waals surface area contributed by atoms with Crippen LogP contribution in [-0.4, -0.2) is 73.3 Å². The number of ether oxygens (including phenoxy) is 1. The van der Waals surface area contributed by atoms with Gasteiger partial charge >= 0.3 is 12.0 Å². The number of carboxylic acids is 1. The van der Waals surface area contributed by atoms with E-state index < -0.39 is 30.4 Å². The van der Waals surface area contributed by atoms with Gasteiger partial charge < -0.3 is 31.1 Å². The zero-order valence-electron chi connectivity index (χ0n) is 11.3. The van der Waals surface area contributed by atoms with Crippen molar-refractivity contribution >= 4 is 17.9 Å². The van der Waals surface area contributed by atoms with Gasteiger partial charge in [-0.25, -0.2) is 9.59 Å². The minimum atomic E-state index is -1.33. The van der Waals surface area contributed by atoms with Crippen LogP contribution in [-0.2, 0) is 14.3 Å². The largest absolute Gasteiger partial charge is 0.480 e. The lowest BCUT2D eigenvalue weighted by molar-refractivity contribution is -0.140. The number of hydrogen-bond donors (Lipinski definition) is 4. The third kappa shape index (κ3) is 5.85. The van der Waals surface area contributed by atoms with Gasteiger partial charge in [0.15, 0.2) is 0 Å². The number of hydrogen-bond acceptors (Lipinski definition) is 5. The van der Waals surface area contributed by atoms with Crippen molar-refractivity contribution in [2.24, 2.45) is 5.73 Å². The second kappa shape index (κ2) is 7.65. The van der Waals surface area contributed by atoms with E-state index in [4.69, 9.17) is 15.6 Å². The number of nitrogens with two attached hydrogens (primary N) is 1. The molecule has 0 spiro atoms. The van der Waals surface area contributed by atoms with Crippen molar-refractivity contribution in [3.05, 3.63) is 0 Å². The highest BCUT2D eigenvalue weighted by Gasteiger charge is 2.23. The molecule has 9 nitrogen and oxygen atoms in total. The minimum absolute atomic E-state index is 0.140. The standard InChI is InChI=1S/C11H20N4O5/c1-15-2-3-20-7(6-15)5-13-11(19)14-8(10(17)18)4-9(12)16/h7-8H,2-6H2,1H3,(H2,12,16)(H,17,18)(H2,13,14,19). The second-order valence-electron chi connectivity index (χ2n) is 4.67. The zero-order chi connectivity index (χ0) is 15.1. The van der Waals surface area contributed by atoms with Crippen molar-refractivity contribution in [3.63, 3.8) is 0 Å². The molecule has 0 aliphatic carbocycles. The highest BCUT2D eigenvalue weighted by molar-refractivity contribution is 5.87. The third-order valence-corrected chi connectivity index (χ3v) is 2.84. The summed E-state index contributed by atoms with van der Waals surface area (Å²) in [5.74, 6) is -2.11. The SMILES string of the molecule is CN1CCOC(CNC(=O)NC(CC(N)=O)C(=O)O)C1. The number of urea groups is 1. The smallest absolute Gasteiger partial charge is 0.326 e. The van der Waals surface area contributed by atoms with Crippen LogP contribution in [0.5, 0.6) is 0 Å². The van der Waals surface area contributed by atoms with E-state index in [2.05, 4.69) is 15.5 Å². The summed E-state index contributed by atoms with van der Waals surface area (Å²) >= 11 is 0. The molecule has 1 aliphatic heterocycles. The van der Waals surface area contributed by atoms with Crippen molar-refractivity contribution in [2.45, 2.75) is 18.6 Å². The van der Waals surface area contributed by atoms with Crippen LogP contribution >= 0.6 is 0 Å². The maximum Gasteiger partial charge on any atom is 0.326 e. The fourth-order valence-corrected chi connectivity index (χ4v) is 1.81. The van der Waals surface area contributed by atoms with Crippen LogP contribution in [0.2, 0.25) is 0 Å². The first-order valence-electron chi connectivity index (χ1n) is 6.24. The molecule has 0 aromatic carbocycles. The summed E-state index contributed by atoms with van der Waals surface area (Å²) in [6.07, 6.45) is -0.593. The van der Waals surface area contributed by atoms with Crippen LogP contribution in [0.15, 0.2) is 0 Å². The van der Waals surface area contributed by atoms with Gasteiger partial charge in [-0.3, -0.25) is 4.79 Å². The maximum absolute atomic E-state index is 11.6. The zero-order valence-corrected chi connectivity index (χ0v) is 11.3. The third-order valence-electron chi connectivity index (χ3n) is 2.84. The molecule has 1 aliphatic rings. The summed E-state index contributed by atoms with van der Waals surface area (Å²) in [6, 6.07) is -2.00. The molecule has 5 N–H and O–H groups in total. The molecule has 0 bridgehead atoms. The van der Waals surface area contributed by atoms with Crippen molar-refractivity contribution < 1.29 is 24.2 Å². The lowest BCUT2D eigenvalue weighted by atomic mass is 10.2. The molecule has 114 valence electrons.